The highest BCUT2D eigenvalue weighted by molar-refractivity contribution is 5.56. The predicted molar refractivity (Wildman–Crippen MR) is 53.2 cm³/mol. The van der Waals surface area contributed by atoms with Crippen molar-refractivity contribution in [3.8, 4) is 11.5 Å². The van der Waals surface area contributed by atoms with Crippen LogP contribution in [0, 0.1) is 0 Å². The summed E-state index contributed by atoms with van der Waals surface area (Å²) in [5.41, 5.74) is 0.0864. The minimum atomic E-state index is -4.75. The molecular formula is C10H8F5NO3. The van der Waals surface area contributed by atoms with Crippen LogP contribution in [0.5, 0.6) is 11.5 Å². The van der Waals surface area contributed by atoms with Crippen LogP contribution >= 0.6 is 0 Å². The Morgan fingerprint density at radius 2 is 1.84 bits per heavy atom. The third kappa shape index (κ3) is 3.16. The van der Waals surface area contributed by atoms with Crippen LogP contribution in [0.25, 0.3) is 0 Å². The van der Waals surface area contributed by atoms with Crippen LogP contribution in [0.1, 0.15) is 0 Å². The minimum Gasteiger partial charge on any atom is -0.395 e. The van der Waals surface area contributed by atoms with Crippen molar-refractivity contribution in [2.24, 2.45) is 0 Å². The number of ether oxygens (including phenoxy) is 2. The molecule has 1 atom stereocenters. The minimum absolute atomic E-state index is 0.0864. The largest absolute Gasteiger partial charge is 0.586 e. The third-order valence-electron chi connectivity index (χ3n) is 2.28. The SMILES string of the molecule is OC(CNc1ccc2c(c1)OC(F)(F)O2)C(F)(F)F. The number of aliphatic hydroxyl groups is 1. The average Bonchev–Trinajstić information content (AvgIpc) is 2.57. The number of hydrogen-bond donors (Lipinski definition) is 2. The zero-order chi connectivity index (χ0) is 14.3. The maximum atomic E-state index is 12.7. The predicted octanol–water partition coefficient (Wildman–Crippen LogP) is 2.34. The maximum absolute atomic E-state index is 12.7. The zero-order valence-electron chi connectivity index (χ0n) is 9.17. The summed E-state index contributed by atoms with van der Waals surface area (Å²) < 4.78 is 69.7. The molecule has 0 spiro atoms. The van der Waals surface area contributed by atoms with Gasteiger partial charge in [0.25, 0.3) is 0 Å². The van der Waals surface area contributed by atoms with Crippen molar-refractivity contribution in [3.05, 3.63) is 18.2 Å². The lowest BCUT2D eigenvalue weighted by molar-refractivity contribution is -0.286. The fraction of sp³-hybridized carbons (Fsp3) is 0.400. The van der Waals surface area contributed by atoms with Gasteiger partial charge in [-0.3, -0.25) is 0 Å². The Kier molecular flexibility index (Phi) is 3.17. The maximum Gasteiger partial charge on any atom is 0.586 e. The molecule has 0 saturated heterocycles. The molecule has 19 heavy (non-hydrogen) atoms. The second kappa shape index (κ2) is 4.41. The normalized spacial score (nSPS) is 18.2. The first kappa shape index (κ1) is 13.7. The Morgan fingerprint density at radius 1 is 1.21 bits per heavy atom. The Bertz CT molecular complexity index is 477. The van der Waals surface area contributed by atoms with Crippen molar-refractivity contribution in [2.45, 2.75) is 18.6 Å². The van der Waals surface area contributed by atoms with E-state index in [-0.39, 0.29) is 17.2 Å². The number of rotatable bonds is 3. The lowest BCUT2D eigenvalue weighted by Crippen LogP contribution is -2.34. The highest BCUT2D eigenvalue weighted by Crippen LogP contribution is 2.42. The van der Waals surface area contributed by atoms with Gasteiger partial charge in [0.15, 0.2) is 17.6 Å². The van der Waals surface area contributed by atoms with E-state index in [0.29, 0.717) is 0 Å². The van der Waals surface area contributed by atoms with Gasteiger partial charge in [-0.2, -0.15) is 13.2 Å². The van der Waals surface area contributed by atoms with Gasteiger partial charge in [-0.1, -0.05) is 0 Å². The summed E-state index contributed by atoms with van der Waals surface area (Å²) in [4.78, 5) is 0. The van der Waals surface area contributed by atoms with Gasteiger partial charge in [-0.05, 0) is 12.1 Å². The van der Waals surface area contributed by atoms with Crippen LogP contribution in [0.3, 0.4) is 0 Å². The van der Waals surface area contributed by atoms with E-state index in [1.807, 2.05) is 0 Å². The molecule has 1 unspecified atom stereocenters. The van der Waals surface area contributed by atoms with Crippen LogP contribution in [-0.2, 0) is 0 Å². The van der Waals surface area contributed by atoms with Crippen molar-refractivity contribution in [1.82, 2.24) is 0 Å². The second-order valence-electron chi connectivity index (χ2n) is 3.77. The molecule has 1 heterocycles. The van der Waals surface area contributed by atoms with E-state index in [0.717, 1.165) is 12.1 Å². The van der Waals surface area contributed by atoms with E-state index < -0.39 is 25.1 Å². The quantitative estimate of drug-likeness (QED) is 0.837. The van der Waals surface area contributed by atoms with Gasteiger partial charge in [0.05, 0.1) is 0 Å². The van der Waals surface area contributed by atoms with Crippen LogP contribution in [0.4, 0.5) is 27.6 Å². The van der Waals surface area contributed by atoms with E-state index in [1.165, 1.54) is 6.07 Å². The van der Waals surface area contributed by atoms with Crippen LogP contribution in [0.2, 0.25) is 0 Å². The number of aliphatic hydroxyl groups excluding tert-OH is 1. The van der Waals surface area contributed by atoms with Crippen LogP contribution < -0.4 is 14.8 Å². The molecule has 2 rings (SSSR count). The molecule has 1 aromatic carbocycles. The van der Waals surface area contributed by atoms with Crippen molar-refractivity contribution in [1.29, 1.82) is 0 Å². The number of hydrogen-bond acceptors (Lipinski definition) is 4. The molecule has 0 saturated carbocycles. The monoisotopic (exact) mass is 285 g/mol. The molecule has 2 N–H and O–H groups in total. The van der Waals surface area contributed by atoms with Gasteiger partial charge in [-0.25, -0.2) is 0 Å². The standard InChI is InChI=1S/C10H8F5NO3/c11-9(12,13)8(17)4-16-5-1-2-6-7(3-5)19-10(14,15)18-6/h1-3,8,16-17H,4H2. The molecule has 0 aliphatic carbocycles. The van der Waals surface area contributed by atoms with Gasteiger partial charge >= 0.3 is 12.5 Å². The molecule has 0 amide bonds. The first-order chi connectivity index (χ1) is 8.67. The molecule has 4 nitrogen and oxygen atoms in total. The van der Waals surface area contributed by atoms with E-state index in [9.17, 15) is 22.0 Å². The van der Waals surface area contributed by atoms with Gasteiger partial charge < -0.3 is 19.9 Å². The Balaban J connectivity index is 2.01. The van der Waals surface area contributed by atoms with E-state index >= 15 is 0 Å². The molecule has 0 fully saturated rings. The number of halogens is 5. The molecule has 1 aliphatic heterocycles. The number of alkyl halides is 5. The molecule has 0 bridgehead atoms. The lowest BCUT2D eigenvalue weighted by atomic mass is 10.2. The Labute approximate surface area is 103 Å². The Hall–Kier alpha value is -1.77. The average molecular weight is 285 g/mol. The summed E-state index contributed by atoms with van der Waals surface area (Å²) in [7, 11) is 0. The fourth-order valence-electron chi connectivity index (χ4n) is 1.39. The molecule has 9 heteroatoms. The van der Waals surface area contributed by atoms with E-state index in [4.69, 9.17) is 5.11 Å². The number of anilines is 1. The second-order valence-corrected chi connectivity index (χ2v) is 3.77. The highest BCUT2D eigenvalue weighted by Gasteiger charge is 2.43. The molecule has 106 valence electrons. The molecule has 1 aromatic rings. The van der Waals surface area contributed by atoms with Crippen molar-refractivity contribution >= 4 is 5.69 Å². The first-order valence-electron chi connectivity index (χ1n) is 5.06. The molecule has 0 aromatic heterocycles. The lowest BCUT2D eigenvalue weighted by Gasteiger charge is -2.15. The molecule has 0 radical (unpaired) electrons. The molecular weight excluding hydrogens is 277 g/mol. The summed E-state index contributed by atoms with van der Waals surface area (Å²) in [5.74, 6) is -0.511. The van der Waals surface area contributed by atoms with Crippen LogP contribution in [0.15, 0.2) is 18.2 Å². The number of benzene rings is 1. The van der Waals surface area contributed by atoms with E-state index in [1.54, 1.807) is 0 Å². The van der Waals surface area contributed by atoms with Crippen molar-refractivity contribution in [2.75, 3.05) is 11.9 Å². The van der Waals surface area contributed by atoms with Crippen molar-refractivity contribution in [3.63, 3.8) is 0 Å². The summed E-state index contributed by atoms with van der Waals surface area (Å²) in [6, 6.07) is 3.41. The smallest absolute Gasteiger partial charge is 0.395 e. The molecule has 1 aliphatic rings. The highest BCUT2D eigenvalue weighted by atomic mass is 19.4. The van der Waals surface area contributed by atoms with Gasteiger partial charge in [0.1, 0.15) is 0 Å². The van der Waals surface area contributed by atoms with Gasteiger partial charge in [-0.15, -0.1) is 8.78 Å². The van der Waals surface area contributed by atoms with Gasteiger partial charge in [0.2, 0.25) is 0 Å². The van der Waals surface area contributed by atoms with E-state index in [2.05, 4.69) is 14.8 Å². The Morgan fingerprint density at radius 3 is 2.47 bits per heavy atom. The first-order valence-corrected chi connectivity index (χ1v) is 5.06. The summed E-state index contributed by atoms with van der Waals surface area (Å²) >= 11 is 0. The van der Waals surface area contributed by atoms with Crippen LogP contribution in [-0.4, -0.2) is 30.2 Å². The third-order valence-corrected chi connectivity index (χ3v) is 2.28. The number of fused-ring (bicyclic) bond motifs is 1. The fourth-order valence-corrected chi connectivity index (χ4v) is 1.39. The summed E-state index contributed by atoms with van der Waals surface area (Å²) in [6.07, 6.45) is -11.1. The summed E-state index contributed by atoms with van der Waals surface area (Å²) in [6.45, 7) is -0.806. The number of nitrogens with one attached hydrogen (secondary N) is 1. The van der Waals surface area contributed by atoms with Gasteiger partial charge in [0, 0.05) is 18.3 Å². The zero-order valence-corrected chi connectivity index (χ0v) is 9.17. The topological polar surface area (TPSA) is 50.7 Å². The summed E-state index contributed by atoms with van der Waals surface area (Å²) in [5, 5.41) is 11.0. The van der Waals surface area contributed by atoms with Crippen molar-refractivity contribution < 1.29 is 36.5 Å².